The Morgan fingerprint density at radius 2 is 1.52 bits per heavy atom. The van der Waals surface area contributed by atoms with Crippen molar-refractivity contribution in [3.63, 3.8) is 0 Å². The first-order valence-electron chi connectivity index (χ1n) is 7.21. The Labute approximate surface area is 126 Å². The summed E-state index contributed by atoms with van der Waals surface area (Å²) in [6.45, 7) is 7.03. The maximum absolute atomic E-state index is 9.91. The second kappa shape index (κ2) is 6.19. The molecule has 0 saturated heterocycles. The third kappa shape index (κ3) is 3.56. The first kappa shape index (κ1) is 15.4. The van der Waals surface area contributed by atoms with Gasteiger partial charge < -0.3 is 15.5 Å². The molecule has 0 aliphatic rings. The third-order valence-electron chi connectivity index (χ3n) is 3.90. The Bertz CT molecular complexity index is 573. The molecule has 1 atom stereocenters. The van der Waals surface area contributed by atoms with Crippen molar-refractivity contribution in [3.05, 3.63) is 59.7 Å². The summed E-state index contributed by atoms with van der Waals surface area (Å²) in [5, 5.41) is 23.2. The summed E-state index contributed by atoms with van der Waals surface area (Å²) in [5.41, 5.74) is 1.77. The van der Waals surface area contributed by atoms with Gasteiger partial charge in [-0.1, -0.05) is 50.2 Å². The van der Waals surface area contributed by atoms with Crippen molar-refractivity contribution in [1.29, 1.82) is 0 Å². The highest BCUT2D eigenvalue weighted by Crippen LogP contribution is 2.33. The quantitative estimate of drug-likeness (QED) is 0.784. The van der Waals surface area contributed by atoms with Gasteiger partial charge in [0, 0.05) is 18.0 Å². The molecule has 0 spiro atoms. The molecule has 2 rings (SSSR count). The first-order valence-corrected chi connectivity index (χ1v) is 7.21. The van der Waals surface area contributed by atoms with Gasteiger partial charge in [0.1, 0.15) is 11.5 Å². The molecule has 0 radical (unpaired) electrons. The van der Waals surface area contributed by atoms with Crippen LogP contribution in [0.25, 0.3) is 0 Å². The van der Waals surface area contributed by atoms with Gasteiger partial charge in [0.05, 0.1) is 5.56 Å². The smallest absolute Gasteiger partial charge is 0.124 e. The van der Waals surface area contributed by atoms with Crippen LogP contribution in [0.4, 0.5) is 0 Å². The number of rotatable bonds is 5. The van der Waals surface area contributed by atoms with Crippen molar-refractivity contribution >= 4 is 0 Å². The summed E-state index contributed by atoms with van der Waals surface area (Å²) in [7, 11) is 0. The minimum atomic E-state index is -0.130. The zero-order valence-corrected chi connectivity index (χ0v) is 12.8. The predicted molar refractivity (Wildman–Crippen MR) is 85.7 cm³/mol. The van der Waals surface area contributed by atoms with Gasteiger partial charge in [-0.05, 0) is 24.6 Å². The molecule has 2 aromatic carbocycles. The topological polar surface area (TPSA) is 52.5 Å². The standard InChI is InChI=1S/C18H23NO2/c1-13(17-15(20)10-7-11-16(17)21)19-12-18(2,3)14-8-5-4-6-9-14/h4-11,13,19-21H,12H2,1-3H3. The van der Waals surface area contributed by atoms with Gasteiger partial charge in [0.15, 0.2) is 0 Å². The van der Waals surface area contributed by atoms with Crippen LogP contribution in [0, 0.1) is 0 Å². The molecular weight excluding hydrogens is 262 g/mol. The molecule has 0 heterocycles. The molecule has 3 N–H and O–H groups in total. The lowest BCUT2D eigenvalue weighted by Crippen LogP contribution is -2.34. The maximum Gasteiger partial charge on any atom is 0.124 e. The average Bonchev–Trinajstić information content (AvgIpc) is 2.46. The predicted octanol–water partition coefficient (Wildman–Crippen LogP) is 3.73. The number of hydrogen-bond acceptors (Lipinski definition) is 3. The van der Waals surface area contributed by atoms with Crippen LogP contribution in [-0.2, 0) is 5.41 Å². The van der Waals surface area contributed by atoms with Crippen molar-refractivity contribution in [3.8, 4) is 11.5 Å². The summed E-state index contributed by atoms with van der Waals surface area (Å²) in [6.07, 6.45) is 0. The van der Waals surface area contributed by atoms with E-state index in [-0.39, 0.29) is 23.0 Å². The van der Waals surface area contributed by atoms with E-state index in [9.17, 15) is 10.2 Å². The fourth-order valence-corrected chi connectivity index (χ4v) is 2.49. The van der Waals surface area contributed by atoms with E-state index in [0.29, 0.717) is 5.56 Å². The number of phenols is 2. The zero-order valence-electron chi connectivity index (χ0n) is 12.8. The molecular formula is C18H23NO2. The molecule has 21 heavy (non-hydrogen) atoms. The molecule has 1 unspecified atom stereocenters. The van der Waals surface area contributed by atoms with Gasteiger partial charge in [0.25, 0.3) is 0 Å². The van der Waals surface area contributed by atoms with E-state index in [1.54, 1.807) is 18.2 Å². The molecule has 0 aromatic heterocycles. The number of hydrogen-bond donors (Lipinski definition) is 3. The molecule has 0 fully saturated rings. The minimum absolute atomic E-state index is 0.0322. The van der Waals surface area contributed by atoms with E-state index in [1.165, 1.54) is 5.56 Å². The van der Waals surface area contributed by atoms with Crippen LogP contribution in [0.2, 0.25) is 0 Å². The van der Waals surface area contributed by atoms with E-state index < -0.39 is 0 Å². The Kier molecular flexibility index (Phi) is 4.53. The van der Waals surface area contributed by atoms with E-state index in [0.717, 1.165) is 6.54 Å². The fourth-order valence-electron chi connectivity index (χ4n) is 2.49. The Morgan fingerprint density at radius 1 is 0.952 bits per heavy atom. The van der Waals surface area contributed by atoms with Crippen LogP contribution in [0.15, 0.2) is 48.5 Å². The van der Waals surface area contributed by atoms with Gasteiger partial charge in [-0.2, -0.15) is 0 Å². The second-order valence-electron chi connectivity index (χ2n) is 6.06. The van der Waals surface area contributed by atoms with Gasteiger partial charge in [-0.15, -0.1) is 0 Å². The largest absolute Gasteiger partial charge is 0.507 e. The number of benzene rings is 2. The lowest BCUT2D eigenvalue weighted by Gasteiger charge is -2.28. The maximum atomic E-state index is 9.91. The van der Waals surface area contributed by atoms with E-state index >= 15 is 0 Å². The summed E-state index contributed by atoms with van der Waals surface area (Å²) in [5.74, 6) is 0.236. The van der Waals surface area contributed by atoms with Gasteiger partial charge in [-0.3, -0.25) is 0 Å². The van der Waals surface area contributed by atoms with E-state index in [4.69, 9.17) is 0 Å². The van der Waals surface area contributed by atoms with Crippen LogP contribution in [-0.4, -0.2) is 16.8 Å². The van der Waals surface area contributed by atoms with Crippen molar-refractivity contribution in [2.45, 2.75) is 32.2 Å². The van der Waals surface area contributed by atoms with Gasteiger partial charge in [0.2, 0.25) is 0 Å². The summed E-state index contributed by atoms with van der Waals surface area (Å²) < 4.78 is 0. The van der Waals surface area contributed by atoms with Crippen LogP contribution in [0.3, 0.4) is 0 Å². The van der Waals surface area contributed by atoms with Gasteiger partial charge in [-0.25, -0.2) is 0 Å². The highest BCUT2D eigenvalue weighted by molar-refractivity contribution is 5.45. The van der Waals surface area contributed by atoms with Crippen molar-refractivity contribution in [2.75, 3.05) is 6.54 Å². The lowest BCUT2D eigenvalue weighted by atomic mass is 9.84. The normalized spacial score (nSPS) is 13.1. The summed E-state index contributed by atoms with van der Waals surface area (Å²) >= 11 is 0. The molecule has 3 heteroatoms. The molecule has 0 saturated carbocycles. The number of aromatic hydroxyl groups is 2. The molecule has 2 aromatic rings. The number of nitrogens with one attached hydrogen (secondary N) is 1. The molecule has 0 aliphatic carbocycles. The number of phenolic OH excluding ortho intramolecular Hbond substituents is 2. The van der Waals surface area contributed by atoms with Crippen molar-refractivity contribution in [2.24, 2.45) is 0 Å². The highest BCUT2D eigenvalue weighted by atomic mass is 16.3. The molecule has 0 aliphatic heterocycles. The minimum Gasteiger partial charge on any atom is -0.507 e. The van der Waals surface area contributed by atoms with Crippen molar-refractivity contribution in [1.82, 2.24) is 5.32 Å². The monoisotopic (exact) mass is 285 g/mol. The summed E-state index contributed by atoms with van der Waals surface area (Å²) in [4.78, 5) is 0. The first-order chi connectivity index (χ1) is 9.92. The zero-order chi connectivity index (χ0) is 15.5. The van der Waals surface area contributed by atoms with Crippen LogP contribution in [0.1, 0.15) is 37.9 Å². The average molecular weight is 285 g/mol. The van der Waals surface area contributed by atoms with Crippen LogP contribution < -0.4 is 5.32 Å². The molecule has 0 amide bonds. The molecule has 3 nitrogen and oxygen atoms in total. The Balaban J connectivity index is 2.09. The van der Waals surface area contributed by atoms with Crippen LogP contribution >= 0.6 is 0 Å². The van der Waals surface area contributed by atoms with E-state index in [2.05, 4.69) is 31.3 Å². The SMILES string of the molecule is CC(NCC(C)(C)c1ccccc1)c1c(O)cccc1O. The van der Waals surface area contributed by atoms with Crippen molar-refractivity contribution < 1.29 is 10.2 Å². The lowest BCUT2D eigenvalue weighted by molar-refractivity contribution is 0.396. The third-order valence-corrected chi connectivity index (χ3v) is 3.90. The second-order valence-corrected chi connectivity index (χ2v) is 6.06. The van der Waals surface area contributed by atoms with Gasteiger partial charge >= 0.3 is 0 Å². The molecule has 112 valence electrons. The molecule has 0 bridgehead atoms. The Morgan fingerprint density at radius 3 is 2.10 bits per heavy atom. The highest BCUT2D eigenvalue weighted by Gasteiger charge is 2.22. The fraction of sp³-hybridized carbons (Fsp3) is 0.333. The van der Waals surface area contributed by atoms with E-state index in [1.807, 2.05) is 25.1 Å². The summed E-state index contributed by atoms with van der Waals surface area (Å²) in [6, 6.07) is 15.0. The van der Waals surface area contributed by atoms with Crippen LogP contribution in [0.5, 0.6) is 11.5 Å². The Hall–Kier alpha value is -2.00.